The van der Waals surface area contributed by atoms with Gasteiger partial charge in [0.05, 0.1) is 6.61 Å². The lowest BCUT2D eigenvalue weighted by Gasteiger charge is -2.40. The summed E-state index contributed by atoms with van der Waals surface area (Å²) in [5, 5.41) is 0. The van der Waals surface area contributed by atoms with Crippen LogP contribution in [0.15, 0.2) is 11.8 Å². The first-order chi connectivity index (χ1) is 8.65. The number of carbonyl (C=O) groups is 2. The van der Waals surface area contributed by atoms with Gasteiger partial charge in [0, 0.05) is 19.8 Å². The Balaban J connectivity index is 2.24. The van der Waals surface area contributed by atoms with Gasteiger partial charge in [-0.25, -0.2) is 4.79 Å². The van der Waals surface area contributed by atoms with Crippen molar-refractivity contribution in [2.45, 2.75) is 38.8 Å². The third kappa shape index (κ3) is 2.35. The Morgan fingerprint density at radius 3 is 2.94 bits per heavy atom. The van der Waals surface area contributed by atoms with Gasteiger partial charge in [-0.05, 0) is 26.2 Å². The third-order valence-electron chi connectivity index (χ3n) is 3.55. The van der Waals surface area contributed by atoms with Crippen LogP contribution < -0.4 is 0 Å². The second kappa shape index (κ2) is 5.42. The van der Waals surface area contributed by atoms with Crippen LogP contribution in [0.4, 0.5) is 0 Å². The Bertz CT molecular complexity index is 378. The lowest BCUT2D eigenvalue weighted by Crippen LogP contribution is -2.51. The molecule has 1 unspecified atom stereocenters. The van der Waals surface area contributed by atoms with E-state index in [1.54, 1.807) is 25.1 Å². The van der Waals surface area contributed by atoms with E-state index in [2.05, 4.69) is 4.90 Å². The second-order valence-electron chi connectivity index (χ2n) is 4.75. The fourth-order valence-corrected chi connectivity index (χ4v) is 2.57. The van der Waals surface area contributed by atoms with Crippen LogP contribution in [0.3, 0.4) is 0 Å². The first kappa shape index (κ1) is 12.9. The van der Waals surface area contributed by atoms with Crippen molar-refractivity contribution in [3.05, 3.63) is 11.8 Å². The molecule has 0 radical (unpaired) electrons. The largest absolute Gasteiger partial charge is 0.462 e. The van der Waals surface area contributed by atoms with Crippen LogP contribution in [-0.2, 0) is 14.3 Å². The number of fused-ring (bicyclic) bond motifs is 1. The number of hydrogen-bond donors (Lipinski definition) is 0. The average molecular weight is 252 g/mol. The number of carbonyl (C=O) groups excluding carboxylic acids is 2. The minimum atomic E-state index is -0.517. The van der Waals surface area contributed by atoms with Gasteiger partial charge >= 0.3 is 5.97 Å². The molecule has 1 saturated heterocycles. The number of hydrogen-bond acceptors (Lipinski definition) is 4. The molecule has 0 aliphatic carbocycles. The van der Waals surface area contributed by atoms with Crippen molar-refractivity contribution >= 4 is 11.9 Å². The van der Waals surface area contributed by atoms with Gasteiger partial charge < -0.3 is 14.5 Å². The monoisotopic (exact) mass is 252 g/mol. The first-order valence-corrected chi connectivity index (χ1v) is 6.57. The highest BCUT2D eigenvalue weighted by molar-refractivity contribution is 6.16. The maximum absolute atomic E-state index is 12.1. The normalized spacial score (nSPS) is 24.2. The number of rotatable bonds is 2. The van der Waals surface area contributed by atoms with E-state index < -0.39 is 5.97 Å². The molecule has 0 bridgehead atoms. The summed E-state index contributed by atoms with van der Waals surface area (Å²) in [7, 11) is 1.76. The van der Waals surface area contributed by atoms with Crippen LogP contribution in [0, 0.1) is 0 Å². The molecule has 1 amide bonds. The average Bonchev–Trinajstić information content (AvgIpc) is 2.59. The van der Waals surface area contributed by atoms with Gasteiger partial charge in [0.2, 0.25) is 0 Å². The summed E-state index contributed by atoms with van der Waals surface area (Å²) >= 11 is 0. The summed E-state index contributed by atoms with van der Waals surface area (Å²) in [6.07, 6.45) is 6.16. The smallest absolute Gasteiger partial charge is 0.345 e. The van der Waals surface area contributed by atoms with E-state index in [0.29, 0.717) is 0 Å². The molecule has 1 fully saturated rings. The SMILES string of the molecule is CCOC(=O)C1=CN2CCCCCC2N(C)C1=O. The molecule has 2 heterocycles. The second-order valence-corrected chi connectivity index (χ2v) is 4.75. The highest BCUT2D eigenvalue weighted by atomic mass is 16.5. The van der Waals surface area contributed by atoms with Crippen molar-refractivity contribution in [2.75, 3.05) is 20.2 Å². The molecule has 5 heteroatoms. The predicted molar refractivity (Wildman–Crippen MR) is 66.4 cm³/mol. The number of likely N-dealkylation sites (N-methyl/N-ethyl adjacent to an activating group) is 1. The number of esters is 1. The molecule has 1 atom stereocenters. The van der Waals surface area contributed by atoms with Crippen LogP contribution in [0.5, 0.6) is 0 Å². The van der Waals surface area contributed by atoms with Gasteiger partial charge in [0.15, 0.2) is 0 Å². The minimum Gasteiger partial charge on any atom is -0.462 e. The Morgan fingerprint density at radius 2 is 2.22 bits per heavy atom. The van der Waals surface area contributed by atoms with Crippen molar-refractivity contribution in [1.29, 1.82) is 0 Å². The van der Waals surface area contributed by atoms with Gasteiger partial charge in [0.1, 0.15) is 11.7 Å². The van der Waals surface area contributed by atoms with Gasteiger partial charge in [0.25, 0.3) is 5.91 Å². The van der Waals surface area contributed by atoms with E-state index in [1.807, 2.05) is 0 Å². The molecule has 18 heavy (non-hydrogen) atoms. The van der Waals surface area contributed by atoms with E-state index in [-0.39, 0.29) is 24.3 Å². The van der Waals surface area contributed by atoms with Crippen LogP contribution in [0.1, 0.15) is 32.6 Å². The lowest BCUT2D eigenvalue weighted by molar-refractivity contribution is -0.144. The molecular formula is C13H20N2O3. The molecule has 0 aromatic rings. The maximum atomic E-state index is 12.1. The number of ether oxygens (including phenoxy) is 1. The van der Waals surface area contributed by atoms with E-state index >= 15 is 0 Å². The third-order valence-corrected chi connectivity index (χ3v) is 3.55. The molecule has 0 aromatic heterocycles. The first-order valence-electron chi connectivity index (χ1n) is 6.57. The molecule has 0 spiro atoms. The van der Waals surface area contributed by atoms with Gasteiger partial charge in [-0.1, -0.05) is 6.42 Å². The fourth-order valence-electron chi connectivity index (χ4n) is 2.57. The summed E-state index contributed by atoms with van der Waals surface area (Å²) in [5.74, 6) is -0.742. The minimum absolute atomic E-state index is 0.0955. The molecule has 2 rings (SSSR count). The molecule has 2 aliphatic heterocycles. The predicted octanol–water partition coefficient (Wildman–Crippen LogP) is 1.11. The standard InChI is InChI=1S/C13H20N2O3/c1-3-18-13(17)10-9-15-8-6-4-5-7-11(15)14(2)12(10)16/h9,11H,3-8H2,1-2H3. The zero-order valence-corrected chi connectivity index (χ0v) is 11.0. The van der Waals surface area contributed by atoms with Crippen molar-refractivity contribution in [1.82, 2.24) is 9.80 Å². The Hall–Kier alpha value is -1.52. The van der Waals surface area contributed by atoms with Crippen molar-refractivity contribution in [3.63, 3.8) is 0 Å². The molecule has 2 aliphatic rings. The fraction of sp³-hybridized carbons (Fsp3) is 0.692. The zero-order valence-electron chi connectivity index (χ0n) is 11.0. The quantitative estimate of drug-likeness (QED) is 0.545. The summed E-state index contributed by atoms with van der Waals surface area (Å²) in [5.41, 5.74) is 0.150. The van der Waals surface area contributed by atoms with E-state index in [0.717, 1.165) is 25.8 Å². The summed E-state index contributed by atoms with van der Waals surface area (Å²) in [6, 6.07) is 0. The summed E-state index contributed by atoms with van der Waals surface area (Å²) in [4.78, 5) is 27.7. The van der Waals surface area contributed by atoms with Crippen molar-refractivity contribution < 1.29 is 14.3 Å². The van der Waals surface area contributed by atoms with E-state index in [9.17, 15) is 9.59 Å². The van der Waals surface area contributed by atoms with E-state index in [4.69, 9.17) is 4.74 Å². The van der Waals surface area contributed by atoms with Crippen LogP contribution >= 0.6 is 0 Å². The highest BCUT2D eigenvalue weighted by Crippen LogP contribution is 2.25. The van der Waals surface area contributed by atoms with Crippen LogP contribution in [-0.4, -0.2) is 48.0 Å². The van der Waals surface area contributed by atoms with Crippen LogP contribution in [0.25, 0.3) is 0 Å². The molecule has 0 N–H and O–H groups in total. The highest BCUT2D eigenvalue weighted by Gasteiger charge is 2.35. The van der Waals surface area contributed by atoms with Gasteiger partial charge in [-0.3, -0.25) is 4.79 Å². The van der Waals surface area contributed by atoms with Crippen molar-refractivity contribution in [3.8, 4) is 0 Å². The van der Waals surface area contributed by atoms with Gasteiger partial charge in [-0.15, -0.1) is 0 Å². The topological polar surface area (TPSA) is 49.9 Å². The van der Waals surface area contributed by atoms with Crippen molar-refractivity contribution in [2.24, 2.45) is 0 Å². The lowest BCUT2D eigenvalue weighted by atomic mass is 10.1. The Kier molecular flexibility index (Phi) is 3.89. The van der Waals surface area contributed by atoms with E-state index in [1.165, 1.54) is 6.42 Å². The molecule has 100 valence electrons. The molecule has 5 nitrogen and oxygen atoms in total. The number of nitrogens with zero attached hydrogens (tertiary/aromatic N) is 2. The van der Waals surface area contributed by atoms with Crippen LogP contribution in [0.2, 0.25) is 0 Å². The Labute approximate surface area is 107 Å². The summed E-state index contributed by atoms with van der Waals surface area (Å²) in [6.45, 7) is 2.92. The zero-order chi connectivity index (χ0) is 13.1. The number of amides is 1. The Morgan fingerprint density at radius 1 is 1.44 bits per heavy atom. The maximum Gasteiger partial charge on any atom is 0.345 e. The summed E-state index contributed by atoms with van der Waals surface area (Å²) < 4.78 is 4.93. The van der Waals surface area contributed by atoms with Gasteiger partial charge in [-0.2, -0.15) is 0 Å². The molecule has 0 aromatic carbocycles. The molecule has 0 saturated carbocycles. The molecular weight excluding hydrogens is 232 g/mol.